The summed E-state index contributed by atoms with van der Waals surface area (Å²) in [5.41, 5.74) is 0. The van der Waals surface area contributed by atoms with Gasteiger partial charge in [0.15, 0.2) is 0 Å². The molecular formula is C19H28O6. The molecule has 5 atom stereocenters. The first kappa shape index (κ1) is 19.7. The van der Waals surface area contributed by atoms with Crippen molar-refractivity contribution in [2.24, 2.45) is 11.8 Å². The van der Waals surface area contributed by atoms with E-state index in [4.69, 9.17) is 14.2 Å². The number of carbonyl (C=O) groups is 2. The van der Waals surface area contributed by atoms with Gasteiger partial charge < -0.3 is 19.3 Å². The highest BCUT2D eigenvalue weighted by molar-refractivity contribution is 5.98. The molecule has 1 aliphatic carbocycles. The van der Waals surface area contributed by atoms with E-state index >= 15 is 0 Å². The number of aliphatic hydroxyl groups is 1. The number of esters is 2. The summed E-state index contributed by atoms with van der Waals surface area (Å²) in [6, 6.07) is 0. The van der Waals surface area contributed by atoms with Gasteiger partial charge in [0.1, 0.15) is 0 Å². The van der Waals surface area contributed by atoms with Gasteiger partial charge in [-0.2, -0.15) is 0 Å². The van der Waals surface area contributed by atoms with Crippen molar-refractivity contribution in [2.75, 3.05) is 13.2 Å². The maximum atomic E-state index is 11.5. The maximum absolute atomic E-state index is 11.5. The summed E-state index contributed by atoms with van der Waals surface area (Å²) in [7, 11) is 0. The molecule has 2 fully saturated rings. The molecule has 0 aromatic heterocycles. The molecule has 5 unspecified atom stereocenters. The van der Waals surface area contributed by atoms with Crippen LogP contribution in [0, 0.1) is 23.7 Å². The monoisotopic (exact) mass is 352 g/mol. The van der Waals surface area contributed by atoms with Gasteiger partial charge in [0.05, 0.1) is 31.5 Å². The Labute approximate surface area is 149 Å². The molecule has 25 heavy (non-hydrogen) atoms. The molecule has 1 heterocycles. The Morgan fingerprint density at radius 3 is 2.56 bits per heavy atom. The lowest BCUT2D eigenvalue weighted by atomic mass is 9.88. The molecule has 1 aliphatic heterocycles. The van der Waals surface area contributed by atoms with Crippen LogP contribution >= 0.6 is 0 Å². The van der Waals surface area contributed by atoms with Crippen LogP contribution in [0.3, 0.4) is 0 Å². The summed E-state index contributed by atoms with van der Waals surface area (Å²) in [6.07, 6.45) is 5.59. The number of hydrogen-bond donors (Lipinski definition) is 1. The number of epoxide rings is 1. The average molecular weight is 352 g/mol. The molecule has 140 valence electrons. The Bertz CT molecular complexity index is 520. The fourth-order valence-corrected chi connectivity index (χ4v) is 3.06. The quantitative estimate of drug-likeness (QED) is 0.326. The minimum atomic E-state index is -0.732. The highest BCUT2D eigenvalue weighted by Gasteiger charge is 2.33. The third-order valence-electron chi connectivity index (χ3n) is 4.75. The first-order valence-electron chi connectivity index (χ1n) is 9.13. The SMILES string of the molecule is CC(CCC1OC1C)COC(=O)C#CC(=O)OCC1CCCC(O)C1. The molecule has 0 amide bonds. The second-order valence-electron chi connectivity index (χ2n) is 7.20. The summed E-state index contributed by atoms with van der Waals surface area (Å²) in [4.78, 5) is 23.1. The highest BCUT2D eigenvalue weighted by Crippen LogP contribution is 2.27. The predicted octanol–water partition coefficient (Wildman–Crippen LogP) is 1.83. The molecule has 0 spiro atoms. The van der Waals surface area contributed by atoms with Crippen molar-refractivity contribution in [3.05, 3.63) is 0 Å². The Balaban J connectivity index is 1.57. The van der Waals surface area contributed by atoms with Crippen LogP contribution in [0.25, 0.3) is 0 Å². The first-order valence-corrected chi connectivity index (χ1v) is 9.13. The van der Waals surface area contributed by atoms with Crippen LogP contribution in [0.4, 0.5) is 0 Å². The zero-order chi connectivity index (χ0) is 18.2. The first-order chi connectivity index (χ1) is 11.9. The Kier molecular flexibility index (Phi) is 7.73. The Hall–Kier alpha value is -1.58. The van der Waals surface area contributed by atoms with E-state index < -0.39 is 11.9 Å². The standard InChI is InChI=1S/C19H28O6/c1-13(6-7-17-14(2)25-17)11-23-18(21)8-9-19(22)24-12-15-4-3-5-16(20)10-15/h13-17,20H,3-7,10-12H2,1-2H3. The van der Waals surface area contributed by atoms with Crippen molar-refractivity contribution in [3.8, 4) is 11.8 Å². The fraction of sp³-hybridized carbons (Fsp3) is 0.789. The summed E-state index contributed by atoms with van der Waals surface area (Å²) < 4.78 is 15.4. The van der Waals surface area contributed by atoms with Crippen LogP contribution in [0.5, 0.6) is 0 Å². The molecule has 0 aromatic carbocycles. The van der Waals surface area contributed by atoms with Gasteiger partial charge in [-0.25, -0.2) is 9.59 Å². The number of hydrogen-bond acceptors (Lipinski definition) is 6. The van der Waals surface area contributed by atoms with Crippen molar-refractivity contribution >= 4 is 11.9 Å². The largest absolute Gasteiger partial charge is 0.456 e. The minimum absolute atomic E-state index is 0.167. The number of rotatable bonds is 7. The second-order valence-corrected chi connectivity index (χ2v) is 7.20. The van der Waals surface area contributed by atoms with Crippen LogP contribution in [0.2, 0.25) is 0 Å². The lowest BCUT2D eigenvalue weighted by molar-refractivity contribution is -0.140. The lowest BCUT2D eigenvalue weighted by Gasteiger charge is -2.24. The van der Waals surface area contributed by atoms with Crippen LogP contribution in [-0.4, -0.2) is 48.6 Å². The van der Waals surface area contributed by atoms with Gasteiger partial charge in [-0.15, -0.1) is 0 Å². The molecule has 1 N–H and O–H groups in total. The number of ether oxygens (including phenoxy) is 3. The summed E-state index contributed by atoms with van der Waals surface area (Å²) in [5, 5.41) is 9.57. The van der Waals surface area contributed by atoms with Crippen molar-refractivity contribution in [2.45, 2.75) is 70.7 Å². The lowest BCUT2D eigenvalue weighted by Crippen LogP contribution is -2.24. The normalized spacial score (nSPS) is 29.1. The Morgan fingerprint density at radius 1 is 1.24 bits per heavy atom. The topological polar surface area (TPSA) is 85.4 Å². The molecule has 1 saturated carbocycles. The summed E-state index contributed by atoms with van der Waals surface area (Å²) in [5.74, 6) is 3.26. The molecule has 2 aliphatic rings. The average Bonchev–Trinajstić information content (AvgIpc) is 3.30. The molecule has 6 nitrogen and oxygen atoms in total. The van der Waals surface area contributed by atoms with Gasteiger partial charge in [0.25, 0.3) is 0 Å². The van der Waals surface area contributed by atoms with E-state index in [2.05, 4.69) is 11.8 Å². The van der Waals surface area contributed by atoms with Gasteiger partial charge in [-0.1, -0.05) is 13.3 Å². The molecular weight excluding hydrogens is 324 g/mol. The van der Waals surface area contributed by atoms with Crippen LogP contribution in [-0.2, 0) is 23.8 Å². The molecule has 0 bridgehead atoms. The van der Waals surface area contributed by atoms with Crippen molar-refractivity contribution in [1.29, 1.82) is 0 Å². The number of aliphatic hydroxyl groups excluding tert-OH is 1. The van der Waals surface area contributed by atoms with Gasteiger partial charge >= 0.3 is 11.9 Å². The summed E-state index contributed by atoms with van der Waals surface area (Å²) in [6.45, 7) is 4.56. The smallest absolute Gasteiger partial charge is 0.384 e. The predicted molar refractivity (Wildman–Crippen MR) is 90.4 cm³/mol. The van der Waals surface area contributed by atoms with Crippen LogP contribution in [0.15, 0.2) is 0 Å². The number of carbonyl (C=O) groups excluding carboxylic acids is 2. The molecule has 1 saturated heterocycles. The van der Waals surface area contributed by atoms with E-state index in [9.17, 15) is 14.7 Å². The summed E-state index contributed by atoms with van der Waals surface area (Å²) >= 11 is 0. The van der Waals surface area contributed by atoms with Crippen molar-refractivity contribution in [1.82, 2.24) is 0 Å². The van der Waals surface area contributed by atoms with E-state index in [-0.39, 0.29) is 31.2 Å². The van der Waals surface area contributed by atoms with Gasteiger partial charge in [-0.05, 0) is 50.9 Å². The highest BCUT2D eigenvalue weighted by atomic mass is 16.6. The molecule has 2 rings (SSSR count). The van der Waals surface area contributed by atoms with E-state index in [1.165, 1.54) is 0 Å². The van der Waals surface area contributed by atoms with Crippen molar-refractivity contribution in [3.63, 3.8) is 0 Å². The fourth-order valence-electron chi connectivity index (χ4n) is 3.06. The molecule has 6 heteroatoms. The van der Waals surface area contributed by atoms with E-state index in [1.54, 1.807) is 0 Å². The maximum Gasteiger partial charge on any atom is 0.384 e. The zero-order valence-corrected chi connectivity index (χ0v) is 15.0. The van der Waals surface area contributed by atoms with Crippen LogP contribution in [0.1, 0.15) is 52.4 Å². The van der Waals surface area contributed by atoms with E-state index in [1.807, 2.05) is 13.8 Å². The van der Waals surface area contributed by atoms with Gasteiger partial charge in [0, 0.05) is 11.8 Å². The second kappa shape index (κ2) is 9.79. The third kappa shape index (κ3) is 7.89. The zero-order valence-electron chi connectivity index (χ0n) is 15.0. The van der Waals surface area contributed by atoms with Gasteiger partial charge in [0.2, 0.25) is 0 Å². The van der Waals surface area contributed by atoms with E-state index in [0.29, 0.717) is 18.6 Å². The minimum Gasteiger partial charge on any atom is -0.456 e. The van der Waals surface area contributed by atoms with E-state index in [0.717, 1.165) is 32.1 Å². The van der Waals surface area contributed by atoms with Crippen molar-refractivity contribution < 1.29 is 28.9 Å². The Morgan fingerprint density at radius 2 is 1.92 bits per heavy atom. The van der Waals surface area contributed by atoms with Gasteiger partial charge in [-0.3, -0.25) is 0 Å². The molecule has 0 radical (unpaired) electrons. The van der Waals surface area contributed by atoms with Crippen LogP contribution < -0.4 is 0 Å². The molecule has 0 aromatic rings. The third-order valence-corrected chi connectivity index (χ3v) is 4.75.